The van der Waals surface area contributed by atoms with Gasteiger partial charge >= 0.3 is 0 Å². The summed E-state index contributed by atoms with van der Waals surface area (Å²) in [6.07, 6.45) is 3.81. The van der Waals surface area contributed by atoms with Crippen molar-refractivity contribution in [3.63, 3.8) is 0 Å². The van der Waals surface area contributed by atoms with Crippen molar-refractivity contribution in [2.45, 2.75) is 52.9 Å². The molecule has 0 N–H and O–H groups in total. The fourth-order valence-electron chi connectivity index (χ4n) is 2.21. The Hall–Kier alpha value is -1.22. The van der Waals surface area contributed by atoms with Crippen molar-refractivity contribution < 1.29 is 14.3 Å². The van der Waals surface area contributed by atoms with Crippen molar-refractivity contribution in [2.24, 2.45) is 0 Å². The van der Waals surface area contributed by atoms with Crippen LogP contribution in [0.2, 0.25) is 5.02 Å². The van der Waals surface area contributed by atoms with Crippen LogP contribution in [-0.2, 0) is 11.2 Å². The minimum Gasteiger partial charge on any atom is -0.493 e. The summed E-state index contributed by atoms with van der Waals surface area (Å²) >= 11 is 6.22. The third kappa shape index (κ3) is 5.96. The summed E-state index contributed by atoms with van der Waals surface area (Å²) in [6.45, 7) is 7.05. The second kappa shape index (κ2) is 9.67. The Morgan fingerprint density at radius 1 is 1.05 bits per heavy atom. The van der Waals surface area contributed by atoms with Crippen LogP contribution >= 0.6 is 11.6 Å². The lowest BCUT2D eigenvalue weighted by Gasteiger charge is -2.14. The van der Waals surface area contributed by atoms with Crippen LogP contribution in [-0.4, -0.2) is 19.0 Å². The molecular formula is C17H25ClO3. The minimum absolute atomic E-state index is 0.326. The Labute approximate surface area is 132 Å². The van der Waals surface area contributed by atoms with Crippen LogP contribution in [0, 0.1) is 0 Å². The molecule has 0 aliphatic rings. The number of rotatable bonds is 10. The van der Waals surface area contributed by atoms with Crippen LogP contribution in [0.15, 0.2) is 12.1 Å². The van der Waals surface area contributed by atoms with Crippen LogP contribution in [0.25, 0.3) is 0 Å². The van der Waals surface area contributed by atoms with Crippen molar-refractivity contribution in [1.82, 2.24) is 0 Å². The highest BCUT2D eigenvalue weighted by molar-refractivity contribution is 6.32. The molecule has 0 aliphatic heterocycles. The van der Waals surface area contributed by atoms with Crippen molar-refractivity contribution in [2.75, 3.05) is 13.2 Å². The molecule has 0 radical (unpaired) electrons. The summed E-state index contributed by atoms with van der Waals surface area (Å²) < 4.78 is 11.1. The number of halogens is 1. The Morgan fingerprint density at radius 2 is 1.71 bits per heavy atom. The number of aryl methyl sites for hydroxylation is 1. The van der Waals surface area contributed by atoms with Crippen LogP contribution in [0.1, 0.15) is 52.0 Å². The standard InChI is InChI=1S/C17H25ClO3/c1-4-8-14(19)10-7-9-13-11-15(18)17(21-6-3)12-16(13)20-5-2/h11-12H,4-10H2,1-3H3. The number of carbonyl (C=O) groups is 1. The van der Waals surface area contributed by atoms with E-state index in [1.54, 1.807) is 0 Å². The zero-order chi connectivity index (χ0) is 15.7. The Kier molecular flexibility index (Phi) is 8.21. The van der Waals surface area contributed by atoms with E-state index in [4.69, 9.17) is 21.1 Å². The molecular weight excluding hydrogens is 288 g/mol. The van der Waals surface area contributed by atoms with E-state index in [1.807, 2.05) is 32.9 Å². The summed E-state index contributed by atoms with van der Waals surface area (Å²) in [6, 6.07) is 3.74. The molecule has 0 atom stereocenters. The monoisotopic (exact) mass is 312 g/mol. The third-order valence-corrected chi connectivity index (χ3v) is 3.44. The highest BCUT2D eigenvalue weighted by Gasteiger charge is 2.11. The molecule has 0 spiro atoms. The summed E-state index contributed by atoms with van der Waals surface area (Å²) in [7, 11) is 0. The first-order valence-corrected chi connectivity index (χ1v) is 8.09. The zero-order valence-corrected chi connectivity index (χ0v) is 14.0. The molecule has 4 heteroatoms. The number of hydrogen-bond acceptors (Lipinski definition) is 3. The molecule has 21 heavy (non-hydrogen) atoms. The predicted molar refractivity (Wildman–Crippen MR) is 86.6 cm³/mol. The van der Waals surface area contributed by atoms with E-state index < -0.39 is 0 Å². The maximum atomic E-state index is 11.6. The number of carbonyl (C=O) groups excluding carboxylic acids is 1. The van der Waals surface area contributed by atoms with Crippen molar-refractivity contribution in [3.05, 3.63) is 22.7 Å². The molecule has 0 heterocycles. The van der Waals surface area contributed by atoms with Crippen molar-refractivity contribution in [3.8, 4) is 11.5 Å². The summed E-state index contributed by atoms with van der Waals surface area (Å²) in [4.78, 5) is 11.6. The average Bonchev–Trinajstić information content (AvgIpc) is 2.44. The lowest BCUT2D eigenvalue weighted by molar-refractivity contribution is -0.119. The second-order valence-electron chi connectivity index (χ2n) is 4.90. The topological polar surface area (TPSA) is 35.5 Å². The molecule has 3 nitrogen and oxygen atoms in total. The fraction of sp³-hybridized carbons (Fsp3) is 0.588. The molecule has 1 rings (SSSR count). The fourth-order valence-corrected chi connectivity index (χ4v) is 2.45. The van der Waals surface area contributed by atoms with E-state index in [0.717, 1.165) is 30.6 Å². The largest absolute Gasteiger partial charge is 0.493 e. The SMILES string of the molecule is CCCC(=O)CCCc1cc(Cl)c(OCC)cc1OCC. The highest BCUT2D eigenvalue weighted by Crippen LogP contribution is 2.33. The molecule has 118 valence electrons. The number of ether oxygens (including phenoxy) is 2. The van der Waals surface area contributed by atoms with Crippen LogP contribution in [0.3, 0.4) is 0 Å². The number of benzene rings is 1. The van der Waals surface area contributed by atoms with Crippen LogP contribution < -0.4 is 9.47 Å². The molecule has 0 saturated heterocycles. The molecule has 0 bridgehead atoms. The minimum atomic E-state index is 0.326. The lowest BCUT2D eigenvalue weighted by Crippen LogP contribution is -2.02. The van der Waals surface area contributed by atoms with E-state index >= 15 is 0 Å². The zero-order valence-electron chi connectivity index (χ0n) is 13.2. The van der Waals surface area contributed by atoms with Gasteiger partial charge in [0.15, 0.2) is 0 Å². The second-order valence-corrected chi connectivity index (χ2v) is 5.31. The first-order valence-electron chi connectivity index (χ1n) is 7.72. The van der Waals surface area contributed by atoms with Gasteiger partial charge in [0, 0.05) is 18.9 Å². The van der Waals surface area contributed by atoms with Gasteiger partial charge in [0.05, 0.1) is 18.2 Å². The van der Waals surface area contributed by atoms with Crippen LogP contribution in [0.5, 0.6) is 11.5 Å². The predicted octanol–water partition coefficient (Wildman–Crippen LogP) is 4.83. The van der Waals surface area contributed by atoms with E-state index in [2.05, 4.69) is 0 Å². The van der Waals surface area contributed by atoms with E-state index in [0.29, 0.717) is 42.6 Å². The first kappa shape index (κ1) is 17.8. The smallest absolute Gasteiger partial charge is 0.141 e. The van der Waals surface area contributed by atoms with E-state index in [1.165, 1.54) is 0 Å². The number of Topliss-reactive ketones (excluding diaryl/α,β-unsaturated/α-hetero) is 1. The molecule has 0 saturated carbocycles. The number of ketones is 1. The number of hydrogen-bond donors (Lipinski definition) is 0. The van der Waals surface area contributed by atoms with E-state index in [-0.39, 0.29) is 0 Å². The normalized spacial score (nSPS) is 10.5. The van der Waals surface area contributed by atoms with Gasteiger partial charge in [-0.15, -0.1) is 0 Å². The van der Waals surface area contributed by atoms with Gasteiger partial charge in [-0.2, -0.15) is 0 Å². The van der Waals surface area contributed by atoms with Gasteiger partial charge < -0.3 is 9.47 Å². The summed E-state index contributed by atoms with van der Waals surface area (Å²) in [5, 5.41) is 0.593. The molecule has 0 fully saturated rings. The van der Waals surface area contributed by atoms with E-state index in [9.17, 15) is 4.79 Å². The molecule has 0 unspecified atom stereocenters. The van der Waals surface area contributed by atoms with Crippen LogP contribution in [0.4, 0.5) is 0 Å². The molecule has 1 aromatic carbocycles. The molecule has 0 aromatic heterocycles. The Bertz CT molecular complexity index is 458. The van der Waals surface area contributed by atoms with Gasteiger partial charge in [-0.25, -0.2) is 0 Å². The Balaban J connectivity index is 2.75. The quantitative estimate of drug-likeness (QED) is 0.621. The van der Waals surface area contributed by atoms with Gasteiger partial charge in [0.1, 0.15) is 17.3 Å². The van der Waals surface area contributed by atoms with Gasteiger partial charge in [0.2, 0.25) is 0 Å². The molecule has 0 amide bonds. The van der Waals surface area contributed by atoms with Gasteiger partial charge in [-0.1, -0.05) is 18.5 Å². The summed E-state index contributed by atoms with van der Waals surface area (Å²) in [5.74, 6) is 1.77. The van der Waals surface area contributed by atoms with Crippen molar-refractivity contribution >= 4 is 17.4 Å². The highest BCUT2D eigenvalue weighted by atomic mass is 35.5. The van der Waals surface area contributed by atoms with Gasteiger partial charge in [-0.3, -0.25) is 4.79 Å². The first-order chi connectivity index (χ1) is 10.1. The maximum Gasteiger partial charge on any atom is 0.141 e. The average molecular weight is 313 g/mol. The maximum absolute atomic E-state index is 11.6. The van der Waals surface area contributed by atoms with Gasteiger partial charge in [-0.05, 0) is 44.7 Å². The summed E-state index contributed by atoms with van der Waals surface area (Å²) in [5.41, 5.74) is 1.04. The van der Waals surface area contributed by atoms with Crippen molar-refractivity contribution in [1.29, 1.82) is 0 Å². The molecule has 0 aliphatic carbocycles. The lowest BCUT2D eigenvalue weighted by atomic mass is 10.0. The third-order valence-electron chi connectivity index (χ3n) is 3.15. The Morgan fingerprint density at radius 3 is 2.33 bits per heavy atom. The van der Waals surface area contributed by atoms with Gasteiger partial charge in [0.25, 0.3) is 0 Å². The molecule has 1 aromatic rings.